The summed E-state index contributed by atoms with van der Waals surface area (Å²) in [6, 6.07) is 10.1. The van der Waals surface area contributed by atoms with Crippen molar-refractivity contribution in [1.82, 2.24) is 14.9 Å². The van der Waals surface area contributed by atoms with Gasteiger partial charge >= 0.3 is 0 Å². The van der Waals surface area contributed by atoms with Gasteiger partial charge in [-0.05, 0) is 74.0 Å². The topological polar surface area (TPSA) is 29.9 Å². The molecule has 0 spiro atoms. The van der Waals surface area contributed by atoms with Crippen molar-refractivity contribution in [1.29, 1.82) is 0 Å². The van der Waals surface area contributed by atoms with E-state index in [1.54, 1.807) is 0 Å². The summed E-state index contributed by atoms with van der Waals surface area (Å²) in [6.45, 7) is 2.32. The zero-order valence-corrected chi connectivity index (χ0v) is 14.4. The van der Waals surface area contributed by atoms with Gasteiger partial charge in [-0.25, -0.2) is 4.98 Å². The van der Waals surface area contributed by atoms with Crippen LogP contribution >= 0.6 is 0 Å². The van der Waals surface area contributed by atoms with Gasteiger partial charge in [0, 0.05) is 30.2 Å². The maximum absolute atomic E-state index is 4.12. The Bertz CT molecular complexity index is 690. The van der Waals surface area contributed by atoms with Crippen molar-refractivity contribution in [2.75, 3.05) is 0 Å². The summed E-state index contributed by atoms with van der Waals surface area (Å²) in [6.07, 6.45) is 13.1. The Morgan fingerprint density at radius 2 is 1.92 bits per heavy atom. The average Bonchev–Trinajstić information content (AvgIpc) is 3.36. The molecule has 2 aromatic rings. The molecule has 1 N–H and O–H groups in total. The summed E-state index contributed by atoms with van der Waals surface area (Å²) in [5.74, 6) is 4.10. The highest BCUT2D eigenvalue weighted by Gasteiger charge is 2.53. The maximum atomic E-state index is 4.12. The molecule has 126 valence electrons. The molecule has 3 fully saturated rings. The minimum absolute atomic E-state index is 0.436. The Morgan fingerprint density at radius 1 is 1.08 bits per heavy atom. The van der Waals surface area contributed by atoms with Crippen LogP contribution in [0.15, 0.2) is 43.0 Å². The number of fused-ring (bicyclic) bond motifs is 5. The van der Waals surface area contributed by atoms with Crippen LogP contribution < -0.4 is 5.32 Å². The lowest BCUT2D eigenvalue weighted by Crippen LogP contribution is -2.40. The van der Waals surface area contributed by atoms with Crippen LogP contribution in [0.1, 0.15) is 50.6 Å². The van der Waals surface area contributed by atoms with E-state index in [0.29, 0.717) is 6.04 Å². The van der Waals surface area contributed by atoms with Crippen molar-refractivity contribution >= 4 is 0 Å². The second kappa shape index (κ2) is 5.73. The van der Waals surface area contributed by atoms with Crippen molar-refractivity contribution in [3.63, 3.8) is 0 Å². The average molecular weight is 321 g/mol. The number of nitrogens with one attached hydrogen (secondary N) is 1. The van der Waals surface area contributed by atoms with Gasteiger partial charge in [0.25, 0.3) is 0 Å². The first kappa shape index (κ1) is 14.7. The molecule has 3 saturated carbocycles. The molecular weight excluding hydrogens is 294 g/mol. The Hall–Kier alpha value is -1.61. The normalized spacial score (nSPS) is 35.3. The Balaban J connectivity index is 1.27. The third-order valence-electron chi connectivity index (χ3n) is 7.09. The molecule has 0 radical (unpaired) electrons. The highest BCUT2D eigenvalue weighted by Crippen LogP contribution is 2.58. The Kier molecular flexibility index (Phi) is 3.51. The van der Waals surface area contributed by atoms with Crippen LogP contribution in [-0.2, 0) is 0 Å². The van der Waals surface area contributed by atoms with Gasteiger partial charge in [-0.1, -0.05) is 18.6 Å². The van der Waals surface area contributed by atoms with Gasteiger partial charge < -0.3 is 9.88 Å². The molecule has 3 nitrogen and oxygen atoms in total. The predicted octanol–water partition coefficient (Wildman–Crippen LogP) is 4.35. The molecule has 0 unspecified atom stereocenters. The number of benzene rings is 1. The maximum Gasteiger partial charge on any atom is 0.0991 e. The number of rotatable bonds is 4. The SMILES string of the molecule is C[C@H](N[C@@H]1C[C@H]2C[C@H]1[C@@H]1CCC[C@@H]21)c1ccc(-n2ccnc2)cc1. The van der Waals surface area contributed by atoms with Crippen molar-refractivity contribution in [3.8, 4) is 5.69 Å². The van der Waals surface area contributed by atoms with E-state index < -0.39 is 0 Å². The molecule has 5 rings (SSSR count). The summed E-state index contributed by atoms with van der Waals surface area (Å²) in [5.41, 5.74) is 2.57. The minimum atomic E-state index is 0.436. The van der Waals surface area contributed by atoms with Crippen LogP contribution in [0.2, 0.25) is 0 Å². The van der Waals surface area contributed by atoms with E-state index in [-0.39, 0.29) is 0 Å². The standard InChI is InChI=1S/C21H27N3/c1-14(15-5-7-17(8-6-15)24-10-9-22-13-24)23-21-12-16-11-20(21)19-4-2-3-18(16)19/h5-10,13-14,16,18-21,23H,2-4,11-12H2,1H3/t14-,16+,18-,19+,20-,21+/m0/s1. The first-order valence-electron chi connectivity index (χ1n) is 9.64. The molecule has 3 heteroatoms. The molecule has 0 amide bonds. The van der Waals surface area contributed by atoms with E-state index in [9.17, 15) is 0 Å². The molecule has 1 heterocycles. The van der Waals surface area contributed by atoms with Crippen molar-refractivity contribution < 1.29 is 0 Å². The fourth-order valence-electron chi connectivity index (χ4n) is 6.02. The van der Waals surface area contributed by atoms with Gasteiger partial charge in [0.1, 0.15) is 0 Å². The highest BCUT2D eigenvalue weighted by atomic mass is 15.0. The lowest BCUT2D eigenvalue weighted by atomic mass is 9.79. The molecule has 3 aliphatic rings. The van der Waals surface area contributed by atoms with E-state index in [2.05, 4.69) is 46.1 Å². The predicted molar refractivity (Wildman–Crippen MR) is 95.9 cm³/mol. The largest absolute Gasteiger partial charge is 0.307 e. The Morgan fingerprint density at radius 3 is 2.71 bits per heavy atom. The summed E-state index contributed by atoms with van der Waals surface area (Å²) < 4.78 is 2.05. The van der Waals surface area contributed by atoms with Crippen molar-refractivity contribution in [3.05, 3.63) is 48.5 Å². The van der Waals surface area contributed by atoms with E-state index in [1.165, 1.54) is 43.4 Å². The zero-order valence-electron chi connectivity index (χ0n) is 14.4. The van der Waals surface area contributed by atoms with Gasteiger partial charge in [0.15, 0.2) is 0 Å². The third kappa shape index (κ3) is 2.33. The second-order valence-electron chi connectivity index (χ2n) is 8.21. The van der Waals surface area contributed by atoms with Crippen molar-refractivity contribution in [2.24, 2.45) is 23.7 Å². The molecule has 24 heavy (non-hydrogen) atoms. The van der Waals surface area contributed by atoms with E-state index in [0.717, 1.165) is 29.7 Å². The van der Waals surface area contributed by atoms with Gasteiger partial charge in [-0.3, -0.25) is 0 Å². The molecule has 1 aromatic heterocycles. The number of nitrogens with zero attached hydrogens (tertiary/aromatic N) is 2. The monoisotopic (exact) mass is 321 g/mol. The molecule has 1 aromatic carbocycles. The first-order chi connectivity index (χ1) is 11.8. The number of hydrogen-bond donors (Lipinski definition) is 1. The fourth-order valence-corrected chi connectivity index (χ4v) is 6.02. The molecule has 2 bridgehead atoms. The zero-order chi connectivity index (χ0) is 16.1. The highest BCUT2D eigenvalue weighted by molar-refractivity contribution is 5.35. The minimum Gasteiger partial charge on any atom is -0.307 e. The smallest absolute Gasteiger partial charge is 0.0991 e. The molecule has 3 aliphatic carbocycles. The summed E-state index contributed by atoms with van der Waals surface area (Å²) in [7, 11) is 0. The van der Waals surface area contributed by atoms with Gasteiger partial charge in [-0.2, -0.15) is 0 Å². The molecule has 0 saturated heterocycles. The first-order valence-corrected chi connectivity index (χ1v) is 9.64. The second-order valence-corrected chi connectivity index (χ2v) is 8.21. The van der Waals surface area contributed by atoms with Gasteiger partial charge in [-0.15, -0.1) is 0 Å². The molecular formula is C21H27N3. The lowest BCUT2D eigenvalue weighted by molar-refractivity contribution is 0.200. The molecule has 6 atom stereocenters. The van der Waals surface area contributed by atoms with Gasteiger partial charge in [0.05, 0.1) is 6.33 Å². The van der Waals surface area contributed by atoms with Gasteiger partial charge in [0.2, 0.25) is 0 Å². The van der Waals surface area contributed by atoms with E-state index >= 15 is 0 Å². The number of hydrogen-bond acceptors (Lipinski definition) is 2. The summed E-state index contributed by atoms with van der Waals surface area (Å²) >= 11 is 0. The van der Waals surface area contributed by atoms with Crippen LogP contribution in [0.25, 0.3) is 5.69 Å². The third-order valence-corrected chi connectivity index (χ3v) is 7.09. The summed E-state index contributed by atoms with van der Waals surface area (Å²) in [5, 5.41) is 3.97. The van der Waals surface area contributed by atoms with Crippen LogP contribution in [-0.4, -0.2) is 15.6 Å². The Labute approximate surface area is 144 Å². The van der Waals surface area contributed by atoms with Crippen molar-refractivity contribution in [2.45, 2.75) is 51.1 Å². The van der Waals surface area contributed by atoms with E-state index in [4.69, 9.17) is 0 Å². The van der Waals surface area contributed by atoms with Crippen LogP contribution in [0.4, 0.5) is 0 Å². The molecule has 0 aliphatic heterocycles. The number of imidazole rings is 1. The quantitative estimate of drug-likeness (QED) is 0.907. The van der Waals surface area contributed by atoms with E-state index in [1.807, 2.05) is 18.7 Å². The number of aromatic nitrogens is 2. The summed E-state index contributed by atoms with van der Waals surface area (Å²) in [4.78, 5) is 4.12. The van der Waals surface area contributed by atoms with Crippen LogP contribution in [0.5, 0.6) is 0 Å². The van der Waals surface area contributed by atoms with Crippen LogP contribution in [0.3, 0.4) is 0 Å². The van der Waals surface area contributed by atoms with Crippen LogP contribution in [0, 0.1) is 23.7 Å². The fraction of sp³-hybridized carbons (Fsp3) is 0.571. The lowest BCUT2D eigenvalue weighted by Gasteiger charge is -2.34.